The number of hydrogen-bond acceptors (Lipinski definition) is 4. The lowest BCUT2D eigenvalue weighted by Gasteiger charge is -2.21. The fourth-order valence-electron chi connectivity index (χ4n) is 2.26. The number of carbonyl (C=O) groups excluding carboxylic acids is 2. The number of thioether (sulfide) groups is 1. The molecule has 1 fully saturated rings. The van der Waals surface area contributed by atoms with Crippen LogP contribution in [-0.4, -0.2) is 28.0 Å². The van der Waals surface area contributed by atoms with E-state index in [0.717, 1.165) is 16.9 Å². The quantitative estimate of drug-likeness (QED) is 0.684. The van der Waals surface area contributed by atoms with E-state index < -0.39 is 0 Å². The minimum atomic E-state index is -0.322. The van der Waals surface area contributed by atoms with Crippen molar-refractivity contribution in [2.45, 2.75) is 49.8 Å². The number of anilines is 1. The maximum Gasteiger partial charge on any atom is 0.243 e. The first kappa shape index (κ1) is 14.9. The summed E-state index contributed by atoms with van der Waals surface area (Å²) in [6, 6.07) is 5.61. The first-order valence-corrected chi connectivity index (χ1v) is 7.70. The lowest BCUT2D eigenvalue weighted by molar-refractivity contribution is -0.140. The van der Waals surface area contributed by atoms with Crippen molar-refractivity contribution in [1.82, 2.24) is 4.90 Å². The highest BCUT2D eigenvalue weighted by Crippen LogP contribution is 2.35. The van der Waals surface area contributed by atoms with Gasteiger partial charge < -0.3 is 5.73 Å². The van der Waals surface area contributed by atoms with E-state index in [1.165, 1.54) is 16.7 Å². The zero-order valence-corrected chi connectivity index (χ0v) is 12.9. The number of nitrogen functional groups attached to an aromatic ring is 1. The summed E-state index contributed by atoms with van der Waals surface area (Å²) in [6.45, 7) is 5.87. The molecule has 1 saturated heterocycles. The van der Waals surface area contributed by atoms with Crippen molar-refractivity contribution >= 4 is 29.3 Å². The van der Waals surface area contributed by atoms with E-state index in [9.17, 15) is 9.59 Å². The minimum absolute atomic E-state index is 0.0254. The molecular formula is C15H20N2O2S. The molecule has 0 aliphatic carbocycles. The van der Waals surface area contributed by atoms with E-state index >= 15 is 0 Å². The topological polar surface area (TPSA) is 63.4 Å². The Balaban J connectivity index is 2.17. The minimum Gasteiger partial charge on any atom is -0.399 e. The first-order valence-electron chi connectivity index (χ1n) is 6.82. The van der Waals surface area contributed by atoms with Gasteiger partial charge in [0.25, 0.3) is 0 Å². The van der Waals surface area contributed by atoms with E-state index in [1.54, 1.807) is 0 Å². The molecule has 20 heavy (non-hydrogen) atoms. The van der Waals surface area contributed by atoms with Crippen LogP contribution in [0.4, 0.5) is 5.69 Å². The highest BCUT2D eigenvalue weighted by Gasteiger charge is 2.41. The summed E-state index contributed by atoms with van der Waals surface area (Å²) in [5, 5.41) is -0.322. The summed E-state index contributed by atoms with van der Waals surface area (Å²) in [6.07, 6.45) is 1.06. The van der Waals surface area contributed by atoms with Gasteiger partial charge in [-0.1, -0.05) is 13.0 Å². The maximum absolute atomic E-state index is 12.4. The molecule has 1 aromatic carbocycles. The van der Waals surface area contributed by atoms with E-state index in [4.69, 9.17) is 5.73 Å². The molecule has 0 spiro atoms. The molecule has 2 unspecified atom stereocenters. The second-order valence-electron chi connectivity index (χ2n) is 5.19. The number of carbonyl (C=O) groups is 2. The highest BCUT2D eigenvalue weighted by atomic mass is 32.2. The second kappa shape index (κ2) is 5.87. The van der Waals surface area contributed by atoms with Gasteiger partial charge in [0, 0.05) is 23.0 Å². The Morgan fingerprint density at radius 2 is 2.15 bits per heavy atom. The molecule has 2 rings (SSSR count). The summed E-state index contributed by atoms with van der Waals surface area (Å²) >= 11 is 1.44. The van der Waals surface area contributed by atoms with Gasteiger partial charge in [0.05, 0.1) is 5.25 Å². The molecule has 1 aliphatic rings. The number of likely N-dealkylation sites (tertiary alicyclic amines) is 1. The van der Waals surface area contributed by atoms with Crippen LogP contribution >= 0.6 is 11.8 Å². The van der Waals surface area contributed by atoms with Crippen LogP contribution in [0.15, 0.2) is 23.1 Å². The summed E-state index contributed by atoms with van der Waals surface area (Å²) < 4.78 is 0. The van der Waals surface area contributed by atoms with Crippen LogP contribution in [0, 0.1) is 6.92 Å². The Kier molecular flexibility index (Phi) is 4.38. The van der Waals surface area contributed by atoms with Crippen LogP contribution in [0.3, 0.4) is 0 Å². The van der Waals surface area contributed by atoms with Gasteiger partial charge >= 0.3 is 0 Å². The molecule has 0 radical (unpaired) electrons. The summed E-state index contributed by atoms with van der Waals surface area (Å²) in [4.78, 5) is 26.8. The molecule has 2 N–H and O–H groups in total. The van der Waals surface area contributed by atoms with E-state index in [-0.39, 0.29) is 29.5 Å². The number of nitrogens with zero attached hydrogens (tertiary/aromatic N) is 1. The largest absolute Gasteiger partial charge is 0.399 e. The lowest BCUT2D eigenvalue weighted by atomic mass is 10.2. The Hall–Kier alpha value is -1.49. The second-order valence-corrected chi connectivity index (χ2v) is 6.44. The van der Waals surface area contributed by atoms with Crippen molar-refractivity contribution in [2.24, 2.45) is 0 Å². The SMILES string of the molecule is CCC(C)N1C(=O)CC(Sc2cc(N)ccc2C)C1=O. The van der Waals surface area contributed by atoms with Gasteiger partial charge in [-0.05, 0) is 38.0 Å². The van der Waals surface area contributed by atoms with Gasteiger partial charge in [0.2, 0.25) is 11.8 Å². The van der Waals surface area contributed by atoms with E-state index in [1.807, 2.05) is 39.0 Å². The van der Waals surface area contributed by atoms with Crippen LogP contribution in [0.25, 0.3) is 0 Å². The molecule has 2 amide bonds. The Labute approximate surface area is 123 Å². The fourth-order valence-corrected chi connectivity index (χ4v) is 3.46. The zero-order chi connectivity index (χ0) is 14.9. The number of aryl methyl sites for hydroxylation is 1. The van der Waals surface area contributed by atoms with Crippen molar-refractivity contribution in [1.29, 1.82) is 0 Å². The lowest BCUT2D eigenvalue weighted by Crippen LogP contribution is -2.38. The molecule has 0 aromatic heterocycles. The molecule has 2 atom stereocenters. The third kappa shape index (κ3) is 2.82. The monoisotopic (exact) mass is 292 g/mol. The van der Waals surface area contributed by atoms with Gasteiger partial charge in [-0.2, -0.15) is 0 Å². The Morgan fingerprint density at radius 3 is 2.80 bits per heavy atom. The van der Waals surface area contributed by atoms with Crippen molar-refractivity contribution in [3.05, 3.63) is 23.8 Å². The maximum atomic E-state index is 12.4. The Bertz CT molecular complexity index is 545. The van der Waals surface area contributed by atoms with Crippen LogP contribution in [0.5, 0.6) is 0 Å². The first-order chi connectivity index (χ1) is 9.43. The molecular weight excluding hydrogens is 272 g/mol. The average molecular weight is 292 g/mol. The standard InChI is InChI=1S/C15H20N2O2S/c1-4-10(3)17-14(18)8-13(15(17)19)20-12-7-11(16)6-5-9(12)2/h5-7,10,13H,4,8,16H2,1-3H3. The smallest absolute Gasteiger partial charge is 0.243 e. The predicted molar refractivity (Wildman–Crippen MR) is 81.5 cm³/mol. The van der Waals surface area contributed by atoms with E-state index in [0.29, 0.717) is 5.69 Å². The van der Waals surface area contributed by atoms with E-state index in [2.05, 4.69) is 0 Å². The molecule has 1 heterocycles. The van der Waals surface area contributed by atoms with Crippen LogP contribution in [0.1, 0.15) is 32.3 Å². The number of benzene rings is 1. The number of imide groups is 1. The van der Waals surface area contributed by atoms with Gasteiger partial charge in [0.1, 0.15) is 0 Å². The molecule has 1 aliphatic heterocycles. The third-order valence-electron chi connectivity index (χ3n) is 3.65. The van der Waals surface area contributed by atoms with Crippen LogP contribution < -0.4 is 5.73 Å². The number of nitrogens with two attached hydrogens (primary N) is 1. The molecule has 4 nitrogen and oxygen atoms in total. The van der Waals surface area contributed by atoms with Crippen molar-refractivity contribution < 1.29 is 9.59 Å². The number of amides is 2. The fraction of sp³-hybridized carbons (Fsp3) is 0.467. The normalized spacial score (nSPS) is 20.6. The zero-order valence-electron chi connectivity index (χ0n) is 12.1. The van der Waals surface area contributed by atoms with Gasteiger partial charge in [-0.3, -0.25) is 14.5 Å². The summed E-state index contributed by atoms with van der Waals surface area (Å²) in [5.41, 5.74) is 7.54. The van der Waals surface area contributed by atoms with Crippen molar-refractivity contribution in [2.75, 3.05) is 5.73 Å². The number of rotatable bonds is 4. The van der Waals surface area contributed by atoms with Crippen molar-refractivity contribution in [3.63, 3.8) is 0 Å². The molecule has 5 heteroatoms. The van der Waals surface area contributed by atoms with Gasteiger partial charge in [0.15, 0.2) is 0 Å². The third-order valence-corrected chi connectivity index (χ3v) is 5.00. The molecule has 1 aromatic rings. The summed E-state index contributed by atoms with van der Waals surface area (Å²) in [7, 11) is 0. The molecule has 0 bridgehead atoms. The molecule has 0 saturated carbocycles. The highest BCUT2D eigenvalue weighted by molar-refractivity contribution is 8.00. The molecule has 108 valence electrons. The number of hydrogen-bond donors (Lipinski definition) is 1. The predicted octanol–water partition coefficient (Wildman–Crippen LogP) is 2.60. The summed E-state index contributed by atoms with van der Waals surface area (Å²) in [5.74, 6) is -0.139. The van der Waals surface area contributed by atoms with Gasteiger partial charge in [-0.25, -0.2) is 0 Å². The Morgan fingerprint density at radius 1 is 1.45 bits per heavy atom. The average Bonchev–Trinajstić information content (AvgIpc) is 2.68. The van der Waals surface area contributed by atoms with Gasteiger partial charge in [-0.15, -0.1) is 11.8 Å². The van der Waals surface area contributed by atoms with Crippen LogP contribution in [0.2, 0.25) is 0 Å². The van der Waals surface area contributed by atoms with Crippen LogP contribution in [-0.2, 0) is 9.59 Å². The van der Waals surface area contributed by atoms with Crippen molar-refractivity contribution in [3.8, 4) is 0 Å².